The van der Waals surface area contributed by atoms with E-state index >= 15 is 0 Å². The molecular weight excluding hydrogens is 382 g/mol. The SMILES string of the molecule is Cc1ccc(C(=O)NC(C)C)cc1NC(=O)c1c(C)ccn(CC2CCCO2)c1=O. The van der Waals surface area contributed by atoms with E-state index in [0.717, 1.165) is 18.4 Å². The van der Waals surface area contributed by atoms with Crippen LogP contribution >= 0.6 is 0 Å². The zero-order chi connectivity index (χ0) is 21.8. The van der Waals surface area contributed by atoms with Gasteiger partial charge in [0.25, 0.3) is 17.4 Å². The number of amides is 2. The van der Waals surface area contributed by atoms with Gasteiger partial charge in [-0.1, -0.05) is 6.07 Å². The molecule has 0 radical (unpaired) electrons. The number of benzene rings is 1. The van der Waals surface area contributed by atoms with E-state index in [1.807, 2.05) is 20.8 Å². The van der Waals surface area contributed by atoms with Crippen molar-refractivity contribution in [3.63, 3.8) is 0 Å². The Balaban J connectivity index is 1.85. The van der Waals surface area contributed by atoms with Crippen molar-refractivity contribution in [3.05, 3.63) is 63.1 Å². The van der Waals surface area contributed by atoms with Crippen LogP contribution in [0.3, 0.4) is 0 Å². The normalized spacial score (nSPS) is 16.0. The van der Waals surface area contributed by atoms with E-state index in [0.29, 0.717) is 30.0 Å². The molecule has 1 aromatic heterocycles. The fraction of sp³-hybridized carbons (Fsp3) is 0.435. The molecule has 1 atom stereocenters. The van der Waals surface area contributed by atoms with E-state index in [9.17, 15) is 14.4 Å². The Hall–Kier alpha value is -2.93. The number of pyridine rings is 1. The number of anilines is 1. The van der Waals surface area contributed by atoms with Gasteiger partial charge in [0.05, 0.1) is 12.6 Å². The number of hydrogen-bond acceptors (Lipinski definition) is 4. The summed E-state index contributed by atoms with van der Waals surface area (Å²) in [6.45, 7) is 8.49. The van der Waals surface area contributed by atoms with Crippen LogP contribution in [-0.4, -0.2) is 35.1 Å². The van der Waals surface area contributed by atoms with Crippen molar-refractivity contribution in [3.8, 4) is 0 Å². The topological polar surface area (TPSA) is 89.4 Å². The molecule has 7 heteroatoms. The first-order valence-electron chi connectivity index (χ1n) is 10.3. The van der Waals surface area contributed by atoms with Crippen LogP contribution in [-0.2, 0) is 11.3 Å². The lowest BCUT2D eigenvalue weighted by molar-refractivity contribution is 0.0941. The third kappa shape index (κ3) is 4.97. The van der Waals surface area contributed by atoms with Gasteiger partial charge in [-0.2, -0.15) is 0 Å². The molecule has 2 aromatic rings. The van der Waals surface area contributed by atoms with Crippen molar-refractivity contribution in [2.24, 2.45) is 0 Å². The second-order valence-electron chi connectivity index (χ2n) is 8.08. The second-order valence-corrected chi connectivity index (χ2v) is 8.08. The Morgan fingerprint density at radius 3 is 2.60 bits per heavy atom. The first-order valence-corrected chi connectivity index (χ1v) is 10.3. The summed E-state index contributed by atoms with van der Waals surface area (Å²) in [5.74, 6) is -0.695. The van der Waals surface area contributed by atoms with Gasteiger partial charge in [0.2, 0.25) is 0 Å². The maximum atomic E-state index is 13.0. The quantitative estimate of drug-likeness (QED) is 0.765. The molecule has 160 valence electrons. The molecule has 0 spiro atoms. The zero-order valence-electron chi connectivity index (χ0n) is 18.0. The summed E-state index contributed by atoms with van der Waals surface area (Å²) in [5, 5.41) is 5.65. The number of ether oxygens (including phenoxy) is 1. The van der Waals surface area contributed by atoms with Gasteiger partial charge in [-0.25, -0.2) is 0 Å². The third-order valence-electron chi connectivity index (χ3n) is 5.19. The molecule has 1 aliphatic heterocycles. The number of nitrogens with zero attached hydrogens (tertiary/aromatic N) is 1. The Bertz CT molecular complexity index is 1000. The Morgan fingerprint density at radius 1 is 1.17 bits per heavy atom. The van der Waals surface area contributed by atoms with E-state index in [-0.39, 0.29) is 29.2 Å². The molecule has 1 fully saturated rings. The largest absolute Gasteiger partial charge is 0.376 e. The van der Waals surface area contributed by atoms with Crippen molar-refractivity contribution < 1.29 is 14.3 Å². The zero-order valence-corrected chi connectivity index (χ0v) is 18.0. The number of carbonyl (C=O) groups is 2. The van der Waals surface area contributed by atoms with Crippen LogP contribution in [0.25, 0.3) is 0 Å². The van der Waals surface area contributed by atoms with Crippen LogP contribution in [0.5, 0.6) is 0 Å². The van der Waals surface area contributed by atoms with Gasteiger partial charge in [-0.15, -0.1) is 0 Å². The number of hydrogen-bond donors (Lipinski definition) is 2. The fourth-order valence-electron chi connectivity index (χ4n) is 3.52. The van der Waals surface area contributed by atoms with Gasteiger partial charge < -0.3 is 19.9 Å². The molecule has 2 heterocycles. The fourth-order valence-corrected chi connectivity index (χ4v) is 3.52. The standard InChI is InChI=1S/C23H29N3O4/c1-14(2)24-21(27)17-8-7-15(3)19(12-17)25-22(28)20-16(4)9-10-26(23(20)29)13-18-6-5-11-30-18/h7-10,12,14,18H,5-6,11,13H2,1-4H3,(H,24,27)(H,25,28). The highest BCUT2D eigenvalue weighted by Crippen LogP contribution is 2.19. The maximum Gasteiger partial charge on any atom is 0.263 e. The van der Waals surface area contributed by atoms with Gasteiger partial charge >= 0.3 is 0 Å². The van der Waals surface area contributed by atoms with Crippen LogP contribution in [0.1, 0.15) is 58.5 Å². The molecule has 1 unspecified atom stereocenters. The summed E-state index contributed by atoms with van der Waals surface area (Å²) in [6.07, 6.45) is 3.60. The highest BCUT2D eigenvalue weighted by Gasteiger charge is 2.21. The number of carbonyl (C=O) groups excluding carboxylic acids is 2. The molecule has 3 rings (SSSR count). The summed E-state index contributed by atoms with van der Waals surface area (Å²) in [7, 11) is 0. The van der Waals surface area contributed by atoms with Crippen molar-refractivity contribution in [1.29, 1.82) is 0 Å². The number of aromatic nitrogens is 1. The number of aryl methyl sites for hydroxylation is 2. The Morgan fingerprint density at radius 2 is 1.93 bits per heavy atom. The smallest absolute Gasteiger partial charge is 0.263 e. The van der Waals surface area contributed by atoms with Crippen molar-refractivity contribution in [1.82, 2.24) is 9.88 Å². The lowest BCUT2D eigenvalue weighted by atomic mass is 10.1. The molecule has 1 aliphatic rings. The molecule has 1 saturated heterocycles. The molecule has 0 bridgehead atoms. The van der Waals surface area contributed by atoms with Crippen LogP contribution in [0.2, 0.25) is 0 Å². The highest BCUT2D eigenvalue weighted by molar-refractivity contribution is 6.06. The van der Waals surface area contributed by atoms with E-state index in [2.05, 4.69) is 10.6 Å². The molecule has 7 nitrogen and oxygen atoms in total. The van der Waals surface area contributed by atoms with Crippen LogP contribution in [0.15, 0.2) is 35.3 Å². The Kier molecular flexibility index (Phi) is 6.72. The third-order valence-corrected chi connectivity index (χ3v) is 5.19. The predicted molar refractivity (Wildman–Crippen MR) is 116 cm³/mol. The summed E-state index contributed by atoms with van der Waals surface area (Å²) < 4.78 is 7.16. The maximum absolute atomic E-state index is 13.0. The summed E-state index contributed by atoms with van der Waals surface area (Å²) in [4.78, 5) is 38.3. The van der Waals surface area contributed by atoms with Crippen molar-refractivity contribution in [2.75, 3.05) is 11.9 Å². The molecule has 1 aromatic carbocycles. The summed E-state index contributed by atoms with van der Waals surface area (Å²) in [5.41, 5.74) is 2.13. The van der Waals surface area contributed by atoms with Gasteiger partial charge in [0, 0.05) is 30.1 Å². The summed E-state index contributed by atoms with van der Waals surface area (Å²) in [6, 6.07) is 6.90. The molecule has 2 N–H and O–H groups in total. The minimum absolute atomic E-state index is 0.000266. The van der Waals surface area contributed by atoms with E-state index in [1.165, 1.54) is 4.57 Å². The predicted octanol–water partition coefficient (Wildman–Crippen LogP) is 3.03. The monoisotopic (exact) mass is 411 g/mol. The Labute approximate surface area is 176 Å². The van der Waals surface area contributed by atoms with Crippen LogP contribution < -0.4 is 16.2 Å². The van der Waals surface area contributed by atoms with Crippen LogP contribution in [0.4, 0.5) is 5.69 Å². The van der Waals surface area contributed by atoms with Crippen molar-refractivity contribution >= 4 is 17.5 Å². The molecule has 0 saturated carbocycles. The van der Waals surface area contributed by atoms with Gasteiger partial charge in [0.15, 0.2) is 0 Å². The van der Waals surface area contributed by atoms with E-state index in [4.69, 9.17) is 4.74 Å². The summed E-state index contributed by atoms with van der Waals surface area (Å²) >= 11 is 0. The molecule has 0 aliphatic carbocycles. The average Bonchev–Trinajstić information content (AvgIpc) is 3.18. The lowest BCUT2D eigenvalue weighted by Crippen LogP contribution is -2.33. The highest BCUT2D eigenvalue weighted by atomic mass is 16.5. The minimum atomic E-state index is -0.483. The van der Waals surface area contributed by atoms with Crippen molar-refractivity contribution in [2.45, 2.75) is 59.2 Å². The van der Waals surface area contributed by atoms with Crippen LogP contribution in [0, 0.1) is 13.8 Å². The van der Waals surface area contributed by atoms with Gasteiger partial charge in [0.1, 0.15) is 5.56 Å². The van der Waals surface area contributed by atoms with Gasteiger partial charge in [-0.3, -0.25) is 14.4 Å². The van der Waals surface area contributed by atoms with E-state index < -0.39 is 5.91 Å². The first kappa shape index (κ1) is 21.8. The first-order chi connectivity index (χ1) is 14.3. The van der Waals surface area contributed by atoms with E-state index in [1.54, 1.807) is 37.4 Å². The molecule has 30 heavy (non-hydrogen) atoms. The molecule has 2 amide bonds. The minimum Gasteiger partial charge on any atom is -0.376 e. The lowest BCUT2D eigenvalue weighted by Gasteiger charge is -2.15. The number of nitrogens with one attached hydrogen (secondary N) is 2. The molecular formula is C23H29N3O4. The average molecular weight is 412 g/mol. The number of rotatable bonds is 6. The van der Waals surface area contributed by atoms with Gasteiger partial charge in [-0.05, 0) is 69.9 Å². The second kappa shape index (κ2) is 9.26.